The van der Waals surface area contributed by atoms with Crippen LogP contribution < -0.4 is 11.1 Å². The van der Waals surface area contributed by atoms with Gasteiger partial charge in [-0.1, -0.05) is 0 Å². The molecule has 1 amide bonds. The molecule has 0 spiro atoms. The second-order valence-corrected chi connectivity index (χ2v) is 4.21. The van der Waals surface area contributed by atoms with E-state index >= 15 is 0 Å². The van der Waals surface area contributed by atoms with Crippen LogP contribution >= 0.6 is 0 Å². The van der Waals surface area contributed by atoms with Gasteiger partial charge in [-0.15, -0.1) is 0 Å². The third-order valence-electron chi connectivity index (χ3n) is 2.72. The maximum atomic E-state index is 11.0. The van der Waals surface area contributed by atoms with Crippen molar-refractivity contribution < 1.29 is 9.72 Å². The molecule has 0 aliphatic rings. The minimum atomic E-state index is -0.430. The highest BCUT2D eigenvalue weighted by Gasteiger charge is 2.24. The zero-order chi connectivity index (χ0) is 14.4. The smallest absolute Gasteiger partial charge is 0.333 e. The van der Waals surface area contributed by atoms with Gasteiger partial charge < -0.3 is 11.1 Å². The predicted molar refractivity (Wildman–Crippen MR) is 70.8 cm³/mol. The van der Waals surface area contributed by atoms with Gasteiger partial charge in [0.2, 0.25) is 11.7 Å². The molecular weight excluding hydrogens is 250 g/mol. The molecule has 0 unspecified atom stereocenters. The second-order valence-electron chi connectivity index (χ2n) is 4.21. The van der Waals surface area contributed by atoms with E-state index in [1.54, 1.807) is 11.6 Å². The van der Waals surface area contributed by atoms with Crippen LogP contribution in [0.3, 0.4) is 0 Å². The van der Waals surface area contributed by atoms with E-state index in [0.717, 1.165) is 0 Å². The normalized spacial score (nSPS) is 10.4. The third kappa shape index (κ3) is 3.94. The van der Waals surface area contributed by atoms with Crippen LogP contribution in [0.1, 0.15) is 31.9 Å². The van der Waals surface area contributed by atoms with Crippen molar-refractivity contribution in [1.82, 2.24) is 9.78 Å². The minimum Gasteiger partial charge on any atom is -0.370 e. The molecule has 1 aromatic heterocycles. The molecule has 3 N–H and O–H groups in total. The van der Waals surface area contributed by atoms with Crippen molar-refractivity contribution in [1.29, 1.82) is 0 Å². The minimum absolute atomic E-state index is 0.0109. The summed E-state index contributed by atoms with van der Waals surface area (Å²) < 4.78 is 1.57. The summed E-state index contributed by atoms with van der Waals surface area (Å²) in [4.78, 5) is 21.1. The molecule has 0 fully saturated rings. The Labute approximate surface area is 111 Å². The zero-order valence-electron chi connectivity index (χ0n) is 11.2. The van der Waals surface area contributed by atoms with E-state index in [4.69, 9.17) is 5.73 Å². The van der Waals surface area contributed by atoms with E-state index in [2.05, 4.69) is 10.4 Å². The number of nitrogens with one attached hydrogen (secondary N) is 1. The molecule has 0 aromatic carbocycles. The first-order chi connectivity index (χ1) is 8.97. The van der Waals surface area contributed by atoms with Gasteiger partial charge >= 0.3 is 5.69 Å². The number of amides is 1. The van der Waals surface area contributed by atoms with Crippen molar-refractivity contribution in [2.45, 2.75) is 39.7 Å². The molecule has 19 heavy (non-hydrogen) atoms. The highest BCUT2D eigenvalue weighted by molar-refractivity contribution is 5.73. The van der Waals surface area contributed by atoms with Gasteiger partial charge in [0, 0.05) is 19.5 Å². The average molecular weight is 269 g/mol. The van der Waals surface area contributed by atoms with E-state index in [1.807, 2.05) is 6.92 Å². The molecule has 0 radical (unpaired) electrons. The SMILES string of the molecule is CCn1nc(C)c([N+](=O)[O-])c1NCCCCC(N)=O. The lowest BCUT2D eigenvalue weighted by Gasteiger charge is -2.07. The van der Waals surface area contributed by atoms with Gasteiger partial charge in [0.05, 0.1) is 4.92 Å². The lowest BCUT2D eigenvalue weighted by atomic mass is 10.2. The highest BCUT2D eigenvalue weighted by atomic mass is 16.6. The fourth-order valence-electron chi connectivity index (χ4n) is 1.83. The Bertz CT molecular complexity index is 469. The number of nitrogens with two attached hydrogens (primary N) is 1. The van der Waals surface area contributed by atoms with E-state index in [-0.39, 0.29) is 11.6 Å². The number of primary amides is 1. The molecule has 106 valence electrons. The molecule has 0 bridgehead atoms. The molecule has 1 aromatic rings. The van der Waals surface area contributed by atoms with Crippen LogP contribution in [0.4, 0.5) is 11.5 Å². The van der Waals surface area contributed by atoms with Crippen LogP contribution in [-0.4, -0.2) is 27.2 Å². The summed E-state index contributed by atoms with van der Waals surface area (Å²) in [6.45, 7) is 4.58. The molecular formula is C11H19N5O3. The Hall–Kier alpha value is -2.12. The number of hydrogen-bond acceptors (Lipinski definition) is 5. The lowest BCUT2D eigenvalue weighted by molar-refractivity contribution is -0.384. The van der Waals surface area contributed by atoms with Gasteiger partial charge in [-0.2, -0.15) is 5.10 Å². The maximum absolute atomic E-state index is 11.0. The Kier molecular flexibility index (Phi) is 5.28. The zero-order valence-corrected chi connectivity index (χ0v) is 11.2. The fraction of sp³-hybridized carbons (Fsp3) is 0.636. The first-order valence-corrected chi connectivity index (χ1v) is 6.21. The number of unbranched alkanes of at least 4 members (excludes halogenated alkanes) is 1. The van der Waals surface area contributed by atoms with Crippen molar-refractivity contribution in [3.05, 3.63) is 15.8 Å². The van der Waals surface area contributed by atoms with Crippen LogP contribution in [0.5, 0.6) is 0 Å². The number of aryl methyl sites for hydroxylation is 2. The van der Waals surface area contributed by atoms with Crippen LogP contribution in [0.2, 0.25) is 0 Å². The molecule has 0 aliphatic heterocycles. The summed E-state index contributed by atoms with van der Waals surface area (Å²) in [6, 6.07) is 0. The molecule has 0 atom stereocenters. The summed E-state index contributed by atoms with van der Waals surface area (Å²) in [6.07, 6.45) is 1.71. The maximum Gasteiger partial charge on any atom is 0.333 e. The van der Waals surface area contributed by atoms with E-state index < -0.39 is 4.92 Å². The third-order valence-corrected chi connectivity index (χ3v) is 2.72. The predicted octanol–water partition coefficient (Wildman–Crippen LogP) is 1.19. The summed E-state index contributed by atoms with van der Waals surface area (Å²) in [5.41, 5.74) is 5.44. The lowest BCUT2D eigenvalue weighted by Crippen LogP contribution is -2.12. The number of hydrogen-bond donors (Lipinski definition) is 2. The number of rotatable bonds is 8. The second kappa shape index (κ2) is 6.72. The van der Waals surface area contributed by atoms with Crippen molar-refractivity contribution >= 4 is 17.4 Å². The van der Waals surface area contributed by atoms with Gasteiger partial charge in [-0.05, 0) is 26.7 Å². The Morgan fingerprint density at radius 1 is 1.53 bits per heavy atom. The average Bonchev–Trinajstić information content (AvgIpc) is 2.64. The quantitative estimate of drug-likeness (QED) is 0.417. The Balaban J connectivity index is 2.66. The van der Waals surface area contributed by atoms with Gasteiger partial charge in [0.15, 0.2) is 0 Å². The summed E-state index contributed by atoms with van der Waals surface area (Å²) in [5, 5.41) is 18.1. The molecule has 0 saturated heterocycles. The van der Waals surface area contributed by atoms with E-state index in [1.165, 1.54) is 0 Å². The first-order valence-electron chi connectivity index (χ1n) is 6.21. The fourth-order valence-corrected chi connectivity index (χ4v) is 1.83. The number of carbonyl (C=O) groups is 1. The topological polar surface area (TPSA) is 116 Å². The number of nitrogens with zero attached hydrogens (tertiary/aromatic N) is 3. The highest BCUT2D eigenvalue weighted by Crippen LogP contribution is 2.27. The van der Waals surface area contributed by atoms with E-state index in [0.29, 0.717) is 43.9 Å². The summed E-state index contributed by atoms with van der Waals surface area (Å²) in [5.74, 6) is 0.0875. The summed E-state index contributed by atoms with van der Waals surface area (Å²) >= 11 is 0. The largest absolute Gasteiger partial charge is 0.370 e. The number of carbonyl (C=O) groups excluding carboxylic acids is 1. The van der Waals surface area contributed by atoms with Crippen molar-refractivity contribution in [3.63, 3.8) is 0 Å². The molecule has 0 saturated carbocycles. The van der Waals surface area contributed by atoms with Crippen LogP contribution in [0, 0.1) is 17.0 Å². The van der Waals surface area contributed by atoms with Crippen LogP contribution in [0.15, 0.2) is 0 Å². The molecule has 1 rings (SSSR count). The van der Waals surface area contributed by atoms with Gasteiger partial charge in [-0.3, -0.25) is 14.9 Å². The van der Waals surface area contributed by atoms with Gasteiger partial charge in [0.25, 0.3) is 0 Å². The molecule has 8 heteroatoms. The molecule has 8 nitrogen and oxygen atoms in total. The Morgan fingerprint density at radius 3 is 2.74 bits per heavy atom. The van der Waals surface area contributed by atoms with E-state index in [9.17, 15) is 14.9 Å². The summed E-state index contributed by atoms with van der Waals surface area (Å²) in [7, 11) is 0. The van der Waals surface area contributed by atoms with Crippen molar-refractivity contribution in [3.8, 4) is 0 Å². The molecule has 0 aliphatic carbocycles. The monoisotopic (exact) mass is 269 g/mol. The number of aromatic nitrogens is 2. The number of anilines is 1. The Morgan fingerprint density at radius 2 is 2.21 bits per heavy atom. The van der Waals surface area contributed by atoms with Gasteiger partial charge in [-0.25, -0.2) is 4.68 Å². The van der Waals surface area contributed by atoms with Crippen LogP contribution in [0.25, 0.3) is 0 Å². The van der Waals surface area contributed by atoms with Gasteiger partial charge in [0.1, 0.15) is 5.69 Å². The standard InChI is InChI=1S/C11H19N5O3/c1-3-15-11(10(16(18)19)8(2)14-15)13-7-5-4-6-9(12)17/h13H,3-7H2,1-2H3,(H2,12,17). The van der Waals surface area contributed by atoms with Crippen molar-refractivity contribution in [2.75, 3.05) is 11.9 Å². The first kappa shape index (κ1) is 14.9. The van der Waals surface area contributed by atoms with Crippen LogP contribution in [-0.2, 0) is 11.3 Å². The molecule has 1 heterocycles. The number of nitro groups is 1. The van der Waals surface area contributed by atoms with Crippen molar-refractivity contribution in [2.24, 2.45) is 5.73 Å².